The van der Waals surface area contributed by atoms with Crippen LogP contribution in [0.15, 0.2) is 59.8 Å². The highest BCUT2D eigenvalue weighted by molar-refractivity contribution is 8.02. The average molecular weight is 440 g/mol. The summed E-state index contributed by atoms with van der Waals surface area (Å²) in [4.78, 5) is 11.8. The van der Waals surface area contributed by atoms with Gasteiger partial charge in [-0.3, -0.25) is 4.79 Å². The summed E-state index contributed by atoms with van der Waals surface area (Å²) >= 11 is 20.3. The van der Waals surface area contributed by atoms with E-state index in [1.54, 1.807) is 35.8 Å². The molecule has 2 fully saturated rings. The van der Waals surface area contributed by atoms with Crippen LogP contribution in [-0.2, 0) is 15.3 Å². The lowest BCUT2D eigenvalue weighted by atomic mass is 9.80. The van der Waals surface area contributed by atoms with Gasteiger partial charge < -0.3 is 4.74 Å². The maximum atomic E-state index is 13.0. The van der Waals surface area contributed by atoms with E-state index in [1.165, 1.54) is 0 Å². The van der Waals surface area contributed by atoms with Crippen LogP contribution in [0.5, 0.6) is 0 Å². The number of hydrogen-bond donors (Lipinski definition) is 0. The van der Waals surface area contributed by atoms with Crippen LogP contribution in [0.1, 0.15) is 23.4 Å². The van der Waals surface area contributed by atoms with Crippen molar-refractivity contribution in [3.05, 3.63) is 81.0 Å². The smallest absolute Gasteiger partial charge is 0.272 e. The van der Waals surface area contributed by atoms with E-state index in [9.17, 15) is 4.79 Å². The number of rotatable bonds is 2. The topological polar surface area (TPSA) is 32.8 Å². The third-order valence-corrected chi connectivity index (χ3v) is 7.12. The van der Waals surface area contributed by atoms with Crippen molar-refractivity contribution in [1.29, 1.82) is 0 Å². The van der Waals surface area contributed by atoms with Crippen molar-refractivity contribution in [3.63, 3.8) is 0 Å². The van der Waals surface area contributed by atoms with Crippen LogP contribution < -0.4 is 0 Å². The van der Waals surface area contributed by atoms with E-state index < -0.39 is 10.6 Å². The molecule has 2 aromatic rings. The molecule has 27 heavy (non-hydrogen) atoms. The van der Waals surface area contributed by atoms with Crippen LogP contribution in [0.3, 0.4) is 0 Å². The number of nitrogens with zero attached hydrogens (tertiary/aromatic N) is 2. The lowest BCUT2D eigenvalue weighted by Gasteiger charge is -2.56. The van der Waals surface area contributed by atoms with Gasteiger partial charge in [-0.2, -0.15) is 5.01 Å². The predicted molar refractivity (Wildman–Crippen MR) is 107 cm³/mol. The quantitative estimate of drug-likeness (QED) is 0.458. The summed E-state index contributed by atoms with van der Waals surface area (Å²) in [6.45, 7) is 1.69. The standard InChI is InChI=1S/C19H13Cl3N2O2S/c1-18(22)17(25)24-19(18,12-4-8-14(21)9-5-12)26-15-10-27-16(23(15)24)11-2-6-13(20)7-3-11/h2-10,16H,1H3/t16-,18+,19+/m0/s1. The van der Waals surface area contributed by atoms with Gasteiger partial charge in [0.1, 0.15) is 5.37 Å². The van der Waals surface area contributed by atoms with Crippen molar-refractivity contribution in [2.24, 2.45) is 0 Å². The number of halogens is 3. The minimum absolute atomic E-state index is 0.136. The maximum absolute atomic E-state index is 13.0. The normalized spacial score (nSPS) is 31.2. The van der Waals surface area contributed by atoms with Gasteiger partial charge in [-0.15, -0.1) is 11.6 Å². The van der Waals surface area contributed by atoms with E-state index in [1.807, 2.05) is 46.8 Å². The summed E-state index contributed by atoms with van der Waals surface area (Å²) in [6.07, 6.45) is 0. The molecule has 3 aliphatic heterocycles. The van der Waals surface area contributed by atoms with E-state index in [0.717, 1.165) is 11.1 Å². The molecular formula is C19H13Cl3N2O2S. The number of β-lactam (4-membered cyclic amide) rings is 1. The molecule has 0 bridgehead atoms. The van der Waals surface area contributed by atoms with Crippen LogP contribution in [0.25, 0.3) is 0 Å². The molecule has 0 unspecified atom stereocenters. The molecule has 3 heterocycles. The molecule has 8 heteroatoms. The highest BCUT2D eigenvalue weighted by Crippen LogP contribution is 2.64. The molecule has 0 radical (unpaired) electrons. The van der Waals surface area contributed by atoms with E-state index in [-0.39, 0.29) is 11.3 Å². The number of carbonyl (C=O) groups is 1. The van der Waals surface area contributed by atoms with Gasteiger partial charge in [-0.1, -0.05) is 59.2 Å². The second-order valence-electron chi connectivity index (χ2n) is 6.71. The first kappa shape index (κ1) is 17.6. The van der Waals surface area contributed by atoms with Gasteiger partial charge >= 0.3 is 0 Å². The first-order chi connectivity index (χ1) is 12.9. The van der Waals surface area contributed by atoms with Gasteiger partial charge in [0.05, 0.1) is 0 Å². The minimum atomic E-state index is -1.22. The Balaban J connectivity index is 1.60. The number of benzene rings is 2. The summed E-state index contributed by atoms with van der Waals surface area (Å²) in [5.74, 6) is 0.400. The zero-order chi connectivity index (χ0) is 19.0. The summed E-state index contributed by atoms with van der Waals surface area (Å²) in [7, 11) is 0. The van der Waals surface area contributed by atoms with Crippen molar-refractivity contribution >= 4 is 52.5 Å². The fourth-order valence-electron chi connectivity index (χ4n) is 3.77. The fourth-order valence-corrected chi connectivity index (χ4v) is 5.36. The van der Waals surface area contributed by atoms with E-state index in [4.69, 9.17) is 39.5 Å². The second kappa shape index (κ2) is 5.74. The number of fused-ring (bicyclic) bond motifs is 3. The van der Waals surface area contributed by atoms with Crippen LogP contribution in [0.2, 0.25) is 10.0 Å². The molecule has 3 aliphatic rings. The molecule has 3 atom stereocenters. The number of alkyl halides is 1. The largest absolute Gasteiger partial charge is 0.442 e. The monoisotopic (exact) mass is 438 g/mol. The van der Waals surface area contributed by atoms with Crippen molar-refractivity contribution in [1.82, 2.24) is 10.0 Å². The van der Waals surface area contributed by atoms with Crippen LogP contribution in [0, 0.1) is 0 Å². The summed E-state index contributed by atoms with van der Waals surface area (Å²) in [5, 5.41) is 6.54. The Labute approximate surface area is 175 Å². The van der Waals surface area contributed by atoms with E-state index in [2.05, 4.69) is 0 Å². The fraction of sp³-hybridized carbons (Fsp3) is 0.211. The second-order valence-corrected chi connectivity index (χ2v) is 9.30. The first-order valence-corrected chi connectivity index (χ1v) is 10.3. The van der Waals surface area contributed by atoms with Gasteiger partial charge in [0.15, 0.2) is 4.87 Å². The Morgan fingerprint density at radius 2 is 1.63 bits per heavy atom. The Morgan fingerprint density at radius 1 is 1.04 bits per heavy atom. The van der Waals surface area contributed by atoms with Crippen molar-refractivity contribution in [3.8, 4) is 0 Å². The Morgan fingerprint density at radius 3 is 2.26 bits per heavy atom. The molecule has 138 valence electrons. The lowest BCUT2D eigenvalue weighted by Crippen LogP contribution is -2.76. The van der Waals surface area contributed by atoms with E-state index in [0.29, 0.717) is 15.9 Å². The number of amides is 1. The zero-order valence-electron chi connectivity index (χ0n) is 14.0. The SMILES string of the molecule is C[C@@]1(Cl)C(=O)N2N3C(=CS[C@H]3c3ccc(Cl)cc3)O[C@@]21c1ccc(Cl)cc1. The molecule has 0 N–H and O–H groups in total. The molecule has 0 spiro atoms. The van der Waals surface area contributed by atoms with Gasteiger partial charge in [0.2, 0.25) is 5.88 Å². The molecule has 0 saturated carbocycles. The Kier molecular flexibility index (Phi) is 3.73. The Bertz CT molecular complexity index is 977. The third-order valence-electron chi connectivity index (χ3n) is 5.13. The van der Waals surface area contributed by atoms with Crippen LogP contribution >= 0.6 is 46.6 Å². The van der Waals surface area contributed by atoms with Crippen LogP contribution in [-0.4, -0.2) is 20.8 Å². The highest BCUT2D eigenvalue weighted by atomic mass is 35.5. The number of carbonyl (C=O) groups excluding carboxylic acids is 1. The zero-order valence-corrected chi connectivity index (χ0v) is 17.1. The molecule has 0 aliphatic carbocycles. The molecule has 2 saturated heterocycles. The van der Waals surface area contributed by atoms with Gasteiger partial charge in [-0.25, -0.2) is 5.01 Å². The highest BCUT2D eigenvalue weighted by Gasteiger charge is 2.78. The number of hydrogen-bond acceptors (Lipinski definition) is 4. The molecule has 2 aromatic carbocycles. The van der Waals surface area contributed by atoms with Crippen molar-refractivity contribution < 1.29 is 9.53 Å². The Hall–Kier alpha value is -1.53. The number of ether oxygens (including phenoxy) is 1. The van der Waals surface area contributed by atoms with Crippen LogP contribution in [0.4, 0.5) is 0 Å². The minimum Gasteiger partial charge on any atom is -0.442 e. The van der Waals surface area contributed by atoms with Crippen molar-refractivity contribution in [2.45, 2.75) is 22.9 Å². The molecule has 0 aromatic heterocycles. The first-order valence-electron chi connectivity index (χ1n) is 8.25. The maximum Gasteiger partial charge on any atom is 0.272 e. The molecule has 1 amide bonds. The third kappa shape index (κ3) is 2.17. The number of thioether (sulfide) groups is 1. The number of hydrazine groups is 1. The van der Waals surface area contributed by atoms with Gasteiger partial charge in [0.25, 0.3) is 11.6 Å². The van der Waals surface area contributed by atoms with Gasteiger partial charge in [-0.05, 0) is 36.8 Å². The molecule has 4 nitrogen and oxygen atoms in total. The van der Waals surface area contributed by atoms with Crippen molar-refractivity contribution in [2.75, 3.05) is 0 Å². The van der Waals surface area contributed by atoms with Gasteiger partial charge in [0, 0.05) is 21.0 Å². The average Bonchev–Trinajstić information content (AvgIpc) is 3.18. The predicted octanol–water partition coefficient (Wildman–Crippen LogP) is 5.48. The molecular weight excluding hydrogens is 427 g/mol. The summed E-state index contributed by atoms with van der Waals surface area (Å²) in [6, 6.07) is 14.8. The summed E-state index contributed by atoms with van der Waals surface area (Å²) < 4.78 is 6.33. The van der Waals surface area contributed by atoms with E-state index >= 15 is 0 Å². The lowest BCUT2D eigenvalue weighted by molar-refractivity contribution is -0.224. The summed E-state index contributed by atoms with van der Waals surface area (Å²) in [5.41, 5.74) is 0.689. The molecule has 5 rings (SSSR count).